The Bertz CT molecular complexity index is 409. The molecule has 1 aromatic carbocycles. The number of Topliss-reactive ketones (excluding diaryl/α,β-unsaturated/α-hetero) is 1. The first kappa shape index (κ1) is 15.7. The van der Waals surface area contributed by atoms with Crippen LogP contribution in [0.1, 0.15) is 37.6 Å². The van der Waals surface area contributed by atoms with E-state index in [2.05, 4.69) is 0 Å². The van der Waals surface area contributed by atoms with Gasteiger partial charge in [-0.15, -0.1) is 0 Å². The van der Waals surface area contributed by atoms with Crippen LogP contribution in [-0.2, 0) is 0 Å². The first-order valence-electron chi connectivity index (χ1n) is 6.54. The Balaban J connectivity index is 2.83. The monoisotopic (exact) mass is 266 g/mol. The Morgan fingerprint density at radius 1 is 1.37 bits per heavy atom. The number of rotatable bonds is 7. The van der Waals surface area contributed by atoms with Crippen LogP contribution in [0.2, 0.25) is 0 Å². The number of benzene rings is 1. The molecule has 0 bridgehead atoms. The normalized spacial score (nSPS) is 15.6. The molecule has 1 rings (SSSR count). The van der Waals surface area contributed by atoms with Crippen molar-refractivity contribution in [3.8, 4) is 5.75 Å². The lowest BCUT2D eigenvalue weighted by atomic mass is 9.82. The van der Waals surface area contributed by atoms with Crippen LogP contribution in [0.25, 0.3) is 0 Å². The van der Waals surface area contributed by atoms with Gasteiger partial charge in [0.15, 0.2) is 5.78 Å². The zero-order valence-corrected chi connectivity index (χ0v) is 11.7. The molecule has 2 atom stereocenters. The lowest BCUT2D eigenvalue weighted by Gasteiger charge is -2.28. The summed E-state index contributed by atoms with van der Waals surface area (Å²) in [5.41, 5.74) is -0.899. The molecule has 106 valence electrons. The van der Waals surface area contributed by atoms with E-state index >= 15 is 0 Å². The quantitative estimate of drug-likeness (QED) is 0.741. The number of aliphatic hydroxyl groups excluding tert-OH is 1. The zero-order valence-electron chi connectivity index (χ0n) is 11.7. The van der Waals surface area contributed by atoms with Gasteiger partial charge in [-0.3, -0.25) is 4.79 Å². The maximum atomic E-state index is 12.3. The topological polar surface area (TPSA) is 66.8 Å². The molecule has 0 spiro atoms. The molecule has 0 heterocycles. The molecule has 0 radical (unpaired) electrons. The molecule has 2 unspecified atom stereocenters. The SMILES string of the molecule is CCC(C)C(C)(O)C(=O)c1ccc(OCCO)cc1. The summed E-state index contributed by atoms with van der Waals surface area (Å²) in [6.45, 7) is 5.52. The predicted octanol–water partition coefficient (Wildman–Crippen LogP) is 2.04. The highest BCUT2D eigenvalue weighted by atomic mass is 16.5. The molecular weight excluding hydrogens is 244 g/mol. The van der Waals surface area contributed by atoms with E-state index in [4.69, 9.17) is 9.84 Å². The Kier molecular flexibility index (Phi) is 5.51. The maximum Gasteiger partial charge on any atom is 0.194 e. The second-order valence-electron chi connectivity index (χ2n) is 4.88. The van der Waals surface area contributed by atoms with Crippen LogP contribution in [-0.4, -0.2) is 34.8 Å². The summed E-state index contributed by atoms with van der Waals surface area (Å²) in [4.78, 5) is 12.3. The van der Waals surface area contributed by atoms with Gasteiger partial charge in [-0.2, -0.15) is 0 Å². The minimum Gasteiger partial charge on any atom is -0.491 e. The van der Waals surface area contributed by atoms with Crippen molar-refractivity contribution in [2.45, 2.75) is 32.8 Å². The molecule has 0 saturated carbocycles. The average Bonchev–Trinajstić information content (AvgIpc) is 2.43. The smallest absolute Gasteiger partial charge is 0.194 e. The Morgan fingerprint density at radius 3 is 2.42 bits per heavy atom. The third kappa shape index (κ3) is 3.78. The van der Waals surface area contributed by atoms with E-state index in [1.54, 1.807) is 31.2 Å². The van der Waals surface area contributed by atoms with Gasteiger partial charge in [0.1, 0.15) is 18.0 Å². The van der Waals surface area contributed by atoms with Crippen molar-refractivity contribution in [1.82, 2.24) is 0 Å². The number of carbonyl (C=O) groups is 1. The summed E-state index contributed by atoms with van der Waals surface area (Å²) in [6.07, 6.45) is 0.733. The fraction of sp³-hybridized carbons (Fsp3) is 0.533. The van der Waals surface area contributed by atoms with Crippen LogP contribution < -0.4 is 4.74 Å². The Hall–Kier alpha value is -1.39. The molecule has 0 amide bonds. The molecule has 0 aromatic heterocycles. The highest BCUT2D eigenvalue weighted by Gasteiger charge is 2.35. The van der Waals surface area contributed by atoms with E-state index < -0.39 is 5.60 Å². The largest absolute Gasteiger partial charge is 0.491 e. The maximum absolute atomic E-state index is 12.3. The molecular formula is C15H22O4. The van der Waals surface area contributed by atoms with Crippen molar-refractivity contribution in [2.75, 3.05) is 13.2 Å². The molecule has 0 aliphatic heterocycles. The summed E-state index contributed by atoms with van der Waals surface area (Å²) >= 11 is 0. The first-order chi connectivity index (χ1) is 8.93. The fourth-order valence-corrected chi connectivity index (χ4v) is 1.78. The van der Waals surface area contributed by atoms with Crippen LogP contribution in [0.15, 0.2) is 24.3 Å². The lowest BCUT2D eigenvalue weighted by Crippen LogP contribution is -2.41. The molecule has 0 aliphatic carbocycles. The average molecular weight is 266 g/mol. The van der Waals surface area contributed by atoms with Crippen molar-refractivity contribution in [3.05, 3.63) is 29.8 Å². The first-order valence-corrected chi connectivity index (χ1v) is 6.54. The van der Waals surface area contributed by atoms with Gasteiger partial charge in [0.2, 0.25) is 0 Å². The van der Waals surface area contributed by atoms with Crippen molar-refractivity contribution in [1.29, 1.82) is 0 Å². The van der Waals surface area contributed by atoms with Gasteiger partial charge >= 0.3 is 0 Å². The summed E-state index contributed by atoms with van der Waals surface area (Å²) in [5.74, 6) is 0.203. The third-order valence-electron chi connectivity index (χ3n) is 3.51. The molecule has 0 fully saturated rings. The van der Waals surface area contributed by atoms with Gasteiger partial charge in [0.25, 0.3) is 0 Å². The van der Waals surface area contributed by atoms with Gasteiger partial charge < -0.3 is 14.9 Å². The van der Waals surface area contributed by atoms with Crippen LogP contribution in [0.3, 0.4) is 0 Å². The van der Waals surface area contributed by atoms with Gasteiger partial charge in [-0.1, -0.05) is 20.3 Å². The van der Waals surface area contributed by atoms with E-state index in [0.29, 0.717) is 11.3 Å². The minimum atomic E-state index is -1.36. The number of ether oxygens (including phenoxy) is 1. The van der Waals surface area contributed by atoms with Crippen LogP contribution in [0.5, 0.6) is 5.75 Å². The van der Waals surface area contributed by atoms with Crippen molar-refractivity contribution >= 4 is 5.78 Å². The summed E-state index contributed by atoms with van der Waals surface area (Å²) in [6, 6.07) is 6.59. The number of aliphatic hydroxyl groups is 2. The van der Waals surface area contributed by atoms with Crippen molar-refractivity contribution in [2.24, 2.45) is 5.92 Å². The highest BCUT2D eigenvalue weighted by Crippen LogP contribution is 2.25. The molecule has 19 heavy (non-hydrogen) atoms. The molecule has 4 nitrogen and oxygen atoms in total. The summed E-state index contributed by atoms with van der Waals surface area (Å²) in [5, 5.41) is 19.0. The molecule has 1 aromatic rings. The highest BCUT2D eigenvalue weighted by molar-refractivity contribution is 6.02. The van der Waals surface area contributed by atoms with Crippen LogP contribution in [0, 0.1) is 5.92 Å². The van der Waals surface area contributed by atoms with Crippen molar-refractivity contribution < 1.29 is 19.7 Å². The minimum absolute atomic E-state index is 0.0522. The summed E-state index contributed by atoms with van der Waals surface area (Å²) in [7, 11) is 0. The van der Waals surface area contributed by atoms with Crippen LogP contribution >= 0.6 is 0 Å². The third-order valence-corrected chi connectivity index (χ3v) is 3.51. The van der Waals surface area contributed by atoms with Gasteiger partial charge in [-0.25, -0.2) is 0 Å². The van der Waals surface area contributed by atoms with E-state index in [1.807, 2.05) is 13.8 Å². The zero-order chi connectivity index (χ0) is 14.5. The van der Waals surface area contributed by atoms with Gasteiger partial charge in [0, 0.05) is 5.56 Å². The van der Waals surface area contributed by atoms with Gasteiger partial charge in [-0.05, 0) is 37.1 Å². The Labute approximate surface area is 114 Å². The molecule has 2 N–H and O–H groups in total. The number of ketones is 1. The molecule has 0 saturated heterocycles. The lowest BCUT2D eigenvalue weighted by molar-refractivity contribution is 0.0121. The molecule has 0 aliphatic rings. The number of carbonyl (C=O) groups excluding carboxylic acids is 1. The second kappa shape index (κ2) is 6.68. The second-order valence-corrected chi connectivity index (χ2v) is 4.88. The fourth-order valence-electron chi connectivity index (χ4n) is 1.78. The van der Waals surface area contributed by atoms with E-state index in [-0.39, 0.29) is 24.9 Å². The van der Waals surface area contributed by atoms with E-state index in [9.17, 15) is 9.90 Å². The predicted molar refractivity (Wildman–Crippen MR) is 73.4 cm³/mol. The molecule has 4 heteroatoms. The van der Waals surface area contributed by atoms with Gasteiger partial charge in [0.05, 0.1) is 6.61 Å². The van der Waals surface area contributed by atoms with Crippen molar-refractivity contribution in [3.63, 3.8) is 0 Å². The number of hydrogen-bond donors (Lipinski definition) is 2. The summed E-state index contributed by atoms with van der Waals surface area (Å²) < 4.78 is 5.22. The van der Waals surface area contributed by atoms with Crippen LogP contribution in [0.4, 0.5) is 0 Å². The number of hydrogen-bond acceptors (Lipinski definition) is 4. The van der Waals surface area contributed by atoms with E-state index in [1.165, 1.54) is 0 Å². The Morgan fingerprint density at radius 2 is 1.95 bits per heavy atom. The van der Waals surface area contributed by atoms with E-state index in [0.717, 1.165) is 6.42 Å². The standard InChI is InChI=1S/C15H22O4/c1-4-11(2)15(3,18)14(17)12-5-7-13(8-6-12)19-10-9-16/h5-8,11,16,18H,4,9-10H2,1-3H3.